The van der Waals surface area contributed by atoms with E-state index in [1.807, 2.05) is 6.92 Å². The van der Waals surface area contributed by atoms with Gasteiger partial charge in [0.05, 0.1) is 12.6 Å². The molecule has 0 heterocycles. The van der Waals surface area contributed by atoms with E-state index in [0.717, 1.165) is 5.56 Å². The number of hydrogen-bond acceptors (Lipinski definition) is 3. The second-order valence-electron chi connectivity index (χ2n) is 4.93. The number of nitrogens with two attached hydrogens (primary N) is 1. The van der Waals surface area contributed by atoms with Crippen LogP contribution in [0.2, 0.25) is 0 Å². The second-order valence-corrected chi connectivity index (χ2v) is 5.36. The van der Waals surface area contributed by atoms with E-state index in [1.54, 1.807) is 24.3 Å². The van der Waals surface area contributed by atoms with Crippen molar-refractivity contribution in [2.45, 2.75) is 26.8 Å². The van der Waals surface area contributed by atoms with Gasteiger partial charge < -0.3 is 15.8 Å². The highest BCUT2D eigenvalue weighted by atomic mass is 32.1. The van der Waals surface area contributed by atoms with E-state index in [1.165, 1.54) is 0 Å². The van der Waals surface area contributed by atoms with E-state index in [4.69, 9.17) is 22.7 Å². The molecule has 5 heteroatoms. The van der Waals surface area contributed by atoms with E-state index >= 15 is 0 Å². The van der Waals surface area contributed by atoms with Crippen molar-refractivity contribution in [2.75, 3.05) is 13.2 Å². The van der Waals surface area contributed by atoms with Crippen LogP contribution in [0.1, 0.15) is 36.7 Å². The van der Waals surface area contributed by atoms with Crippen molar-refractivity contribution in [3.8, 4) is 0 Å². The summed E-state index contributed by atoms with van der Waals surface area (Å²) < 4.78 is 5.40. The summed E-state index contributed by atoms with van der Waals surface area (Å²) in [5.74, 6) is 0.194. The molecule has 0 aromatic heterocycles. The molecule has 3 N–H and O–H groups in total. The Bertz CT molecular complexity index is 457. The molecule has 0 aliphatic carbocycles. The zero-order valence-electron chi connectivity index (χ0n) is 12.2. The fourth-order valence-electron chi connectivity index (χ4n) is 1.68. The van der Waals surface area contributed by atoms with Gasteiger partial charge in [-0.25, -0.2) is 0 Å². The van der Waals surface area contributed by atoms with E-state index in [0.29, 0.717) is 29.7 Å². The predicted molar refractivity (Wildman–Crippen MR) is 84.9 cm³/mol. The van der Waals surface area contributed by atoms with Gasteiger partial charge in [-0.15, -0.1) is 0 Å². The SMILES string of the molecule is CCOCC(NC(=O)c1ccc(C(N)=S)cc1)C(C)C. The highest BCUT2D eigenvalue weighted by Gasteiger charge is 2.17. The lowest BCUT2D eigenvalue weighted by Crippen LogP contribution is -2.41. The van der Waals surface area contributed by atoms with Crippen molar-refractivity contribution in [3.63, 3.8) is 0 Å². The van der Waals surface area contributed by atoms with Gasteiger partial charge in [-0.05, 0) is 25.0 Å². The summed E-state index contributed by atoms with van der Waals surface area (Å²) in [7, 11) is 0. The molecule has 1 atom stereocenters. The summed E-state index contributed by atoms with van der Waals surface area (Å²) >= 11 is 4.88. The Morgan fingerprint density at radius 3 is 2.30 bits per heavy atom. The first-order chi connectivity index (χ1) is 9.45. The Morgan fingerprint density at radius 1 is 1.30 bits per heavy atom. The molecule has 1 unspecified atom stereocenters. The molecule has 0 saturated carbocycles. The van der Waals surface area contributed by atoms with Crippen LogP contribution < -0.4 is 11.1 Å². The van der Waals surface area contributed by atoms with Crippen LogP contribution in [-0.2, 0) is 4.74 Å². The number of hydrogen-bond donors (Lipinski definition) is 2. The smallest absolute Gasteiger partial charge is 0.251 e. The first-order valence-corrected chi connectivity index (χ1v) is 7.15. The molecule has 20 heavy (non-hydrogen) atoms. The van der Waals surface area contributed by atoms with Crippen LogP contribution in [0, 0.1) is 5.92 Å². The zero-order chi connectivity index (χ0) is 15.1. The van der Waals surface area contributed by atoms with Crippen molar-refractivity contribution in [1.29, 1.82) is 0 Å². The van der Waals surface area contributed by atoms with Crippen molar-refractivity contribution in [1.82, 2.24) is 5.32 Å². The van der Waals surface area contributed by atoms with Gasteiger partial charge in [-0.3, -0.25) is 4.79 Å². The molecule has 0 aliphatic rings. The maximum absolute atomic E-state index is 12.2. The largest absolute Gasteiger partial charge is 0.389 e. The Kier molecular flexibility index (Phi) is 6.61. The Hall–Kier alpha value is -1.46. The fourth-order valence-corrected chi connectivity index (χ4v) is 1.82. The maximum Gasteiger partial charge on any atom is 0.251 e. The van der Waals surface area contributed by atoms with Gasteiger partial charge in [0, 0.05) is 17.7 Å². The Balaban J connectivity index is 2.70. The molecule has 1 amide bonds. The second kappa shape index (κ2) is 7.97. The van der Waals surface area contributed by atoms with Crippen LogP contribution >= 0.6 is 12.2 Å². The molecular weight excluding hydrogens is 272 g/mol. The summed E-state index contributed by atoms with van der Waals surface area (Å²) in [5, 5.41) is 2.99. The predicted octanol–water partition coefficient (Wildman–Crippen LogP) is 2.11. The zero-order valence-corrected chi connectivity index (χ0v) is 13.0. The monoisotopic (exact) mass is 294 g/mol. The fraction of sp³-hybridized carbons (Fsp3) is 0.467. The molecular formula is C15H22N2O2S. The number of thiocarbonyl (C=S) groups is 1. The summed E-state index contributed by atoms with van der Waals surface area (Å²) in [6.45, 7) is 7.21. The summed E-state index contributed by atoms with van der Waals surface area (Å²) in [4.78, 5) is 12.5. The quantitative estimate of drug-likeness (QED) is 0.756. The van der Waals surface area contributed by atoms with Gasteiger partial charge in [0.15, 0.2) is 0 Å². The van der Waals surface area contributed by atoms with Gasteiger partial charge >= 0.3 is 0 Å². The van der Waals surface area contributed by atoms with E-state index < -0.39 is 0 Å². The van der Waals surface area contributed by atoms with Crippen molar-refractivity contribution < 1.29 is 9.53 Å². The van der Waals surface area contributed by atoms with Crippen LogP contribution in [0.3, 0.4) is 0 Å². The number of benzene rings is 1. The maximum atomic E-state index is 12.2. The third-order valence-electron chi connectivity index (χ3n) is 3.05. The van der Waals surface area contributed by atoms with E-state index in [-0.39, 0.29) is 11.9 Å². The van der Waals surface area contributed by atoms with Crippen LogP contribution in [0.25, 0.3) is 0 Å². The number of carbonyl (C=O) groups is 1. The molecule has 4 nitrogen and oxygen atoms in total. The van der Waals surface area contributed by atoms with Crippen molar-refractivity contribution in [3.05, 3.63) is 35.4 Å². The molecule has 0 aliphatic heterocycles. The van der Waals surface area contributed by atoms with Crippen LogP contribution in [-0.4, -0.2) is 30.2 Å². The normalized spacial score (nSPS) is 12.2. The van der Waals surface area contributed by atoms with Gasteiger partial charge in [-0.2, -0.15) is 0 Å². The molecule has 0 spiro atoms. The lowest BCUT2D eigenvalue weighted by molar-refractivity contribution is 0.0806. The average Bonchev–Trinajstić information content (AvgIpc) is 2.42. The molecule has 110 valence electrons. The summed E-state index contributed by atoms with van der Waals surface area (Å²) in [6.07, 6.45) is 0. The summed E-state index contributed by atoms with van der Waals surface area (Å²) in [6, 6.07) is 6.95. The lowest BCUT2D eigenvalue weighted by atomic mass is 10.0. The molecule has 1 aromatic carbocycles. The third kappa shape index (κ3) is 4.90. The standard InChI is InChI=1S/C15H22N2O2S/c1-4-19-9-13(10(2)3)17-15(18)12-7-5-11(6-8-12)14(16)20/h5-8,10,13H,4,9H2,1-3H3,(H2,16,20)(H,17,18). The van der Waals surface area contributed by atoms with Crippen LogP contribution in [0.5, 0.6) is 0 Å². The number of amides is 1. The third-order valence-corrected chi connectivity index (χ3v) is 3.29. The topological polar surface area (TPSA) is 64.3 Å². The molecule has 0 fully saturated rings. The number of nitrogens with one attached hydrogen (secondary N) is 1. The highest BCUT2D eigenvalue weighted by molar-refractivity contribution is 7.80. The highest BCUT2D eigenvalue weighted by Crippen LogP contribution is 2.07. The summed E-state index contributed by atoms with van der Waals surface area (Å²) in [5.41, 5.74) is 6.88. The average molecular weight is 294 g/mol. The minimum Gasteiger partial charge on any atom is -0.389 e. The number of ether oxygens (including phenoxy) is 1. The minimum absolute atomic E-state index is 0.00212. The van der Waals surface area contributed by atoms with Gasteiger partial charge in [0.1, 0.15) is 4.99 Å². The van der Waals surface area contributed by atoms with E-state index in [9.17, 15) is 4.79 Å². The number of carbonyl (C=O) groups excluding carboxylic acids is 1. The first kappa shape index (κ1) is 16.6. The van der Waals surface area contributed by atoms with Crippen molar-refractivity contribution in [2.24, 2.45) is 11.7 Å². The molecule has 1 aromatic rings. The van der Waals surface area contributed by atoms with Crippen molar-refractivity contribution >= 4 is 23.1 Å². The molecule has 0 bridgehead atoms. The lowest BCUT2D eigenvalue weighted by Gasteiger charge is -2.22. The number of rotatable bonds is 7. The first-order valence-electron chi connectivity index (χ1n) is 6.74. The molecule has 0 saturated heterocycles. The van der Waals surface area contributed by atoms with Gasteiger partial charge in [0.2, 0.25) is 0 Å². The molecule has 0 radical (unpaired) electrons. The molecule has 1 rings (SSSR count). The van der Waals surface area contributed by atoms with Crippen LogP contribution in [0.4, 0.5) is 0 Å². The van der Waals surface area contributed by atoms with E-state index in [2.05, 4.69) is 19.2 Å². The Labute approximate surface area is 125 Å². The minimum atomic E-state index is -0.113. The van der Waals surface area contributed by atoms with Gasteiger partial charge in [0.25, 0.3) is 5.91 Å². The Morgan fingerprint density at radius 2 is 1.85 bits per heavy atom. The van der Waals surface area contributed by atoms with Crippen LogP contribution in [0.15, 0.2) is 24.3 Å². The van der Waals surface area contributed by atoms with Gasteiger partial charge in [-0.1, -0.05) is 38.2 Å².